The highest BCUT2D eigenvalue weighted by Crippen LogP contribution is 2.47. The average Bonchev–Trinajstić information content (AvgIpc) is 1.57. The van der Waals surface area contributed by atoms with Crippen LogP contribution in [0.4, 0.5) is 0 Å². The van der Waals surface area contributed by atoms with Crippen LogP contribution >= 0.6 is 0 Å². The van der Waals surface area contributed by atoms with Crippen molar-refractivity contribution in [3.63, 3.8) is 0 Å². The van der Waals surface area contributed by atoms with Gasteiger partial charge in [0.15, 0.2) is 20.0 Å². The molecule has 4 fully saturated rings. The highest BCUT2D eigenvalue weighted by atomic mass is 28.4. The average molecular weight is 1230 g/mol. The summed E-state index contributed by atoms with van der Waals surface area (Å²) in [7, 11) is 0.515. The highest BCUT2D eigenvalue weighted by Gasteiger charge is 2.52. The quantitative estimate of drug-likeness (QED) is 0.0429. The van der Waals surface area contributed by atoms with Crippen LogP contribution in [0.5, 0.6) is 0 Å². The van der Waals surface area contributed by atoms with Crippen LogP contribution in [0.1, 0.15) is 183 Å². The van der Waals surface area contributed by atoms with Crippen LogP contribution in [0.25, 0.3) is 12.2 Å². The summed E-state index contributed by atoms with van der Waals surface area (Å²) in [6.07, 6.45) is 27.8. The number of oxazole rings is 2. The van der Waals surface area contributed by atoms with E-state index in [1.165, 1.54) is 0 Å². The van der Waals surface area contributed by atoms with Crippen LogP contribution in [0.15, 0.2) is 81.1 Å². The smallest absolute Gasteiger partial charge is 0.330 e. The van der Waals surface area contributed by atoms with Crippen molar-refractivity contribution in [3.8, 4) is 12.3 Å². The Morgan fingerprint density at radius 3 is 2.24 bits per heavy atom. The Kier molecular flexibility index (Phi) is 24.4. The normalized spacial score (nSPS) is 32.0. The van der Waals surface area contributed by atoms with Crippen LogP contribution in [0.3, 0.4) is 0 Å². The van der Waals surface area contributed by atoms with Gasteiger partial charge in [0.2, 0.25) is 14.2 Å². The van der Waals surface area contributed by atoms with Gasteiger partial charge in [-0.25, -0.2) is 14.8 Å². The van der Waals surface area contributed by atoms with Crippen molar-refractivity contribution in [2.75, 3.05) is 21.3 Å². The monoisotopic (exact) mass is 1230 g/mol. The lowest BCUT2D eigenvalue weighted by Crippen LogP contribution is -2.57. The number of fused-ring (bicyclic) bond motifs is 9. The van der Waals surface area contributed by atoms with Crippen LogP contribution in [-0.4, -0.2) is 127 Å². The fourth-order valence-electron chi connectivity index (χ4n) is 13.9. The van der Waals surface area contributed by atoms with Gasteiger partial charge in [0, 0.05) is 71.3 Å². The predicted molar refractivity (Wildman–Crippen MR) is 343 cm³/mol. The molecule has 0 radical (unpaired) electrons. The maximum atomic E-state index is 13.9. The Bertz CT molecular complexity index is 2720. The Morgan fingerprint density at radius 2 is 1.58 bits per heavy atom. The molecule has 7 heterocycles. The summed E-state index contributed by atoms with van der Waals surface area (Å²) in [4.78, 5) is 23.9. The Morgan fingerprint density at radius 1 is 0.872 bits per heavy atom. The molecule has 7 rings (SSSR count). The van der Waals surface area contributed by atoms with Gasteiger partial charge in [-0.1, -0.05) is 124 Å². The lowest BCUT2D eigenvalue weighted by atomic mass is 9.79. The summed E-state index contributed by atoms with van der Waals surface area (Å²) in [5.41, 5.74) is 5.39. The molecular weight excluding hydrogens is 1120 g/mol. The van der Waals surface area contributed by atoms with E-state index < -0.39 is 52.8 Å². The molecule has 15 nitrogen and oxygen atoms in total. The summed E-state index contributed by atoms with van der Waals surface area (Å²) in [6.45, 7) is 37.9. The number of nitrogens with zero attached hydrogens (tertiary/aromatic N) is 2. The third-order valence-corrected chi connectivity index (χ3v) is 30.0. The van der Waals surface area contributed by atoms with Gasteiger partial charge < -0.3 is 55.6 Å². The van der Waals surface area contributed by atoms with Crippen molar-refractivity contribution in [2.24, 2.45) is 11.8 Å². The van der Waals surface area contributed by atoms with Crippen molar-refractivity contribution in [3.05, 3.63) is 95.4 Å². The van der Waals surface area contributed by atoms with E-state index in [-0.39, 0.29) is 72.1 Å². The lowest BCUT2D eigenvalue weighted by molar-refractivity contribution is -0.297. The Labute approximate surface area is 518 Å². The maximum absolute atomic E-state index is 13.9. The number of allylic oxidation sites excluding steroid dienone is 2. The van der Waals surface area contributed by atoms with Crippen molar-refractivity contribution in [1.29, 1.82) is 0 Å². The number of carbonyl (C=O) groups excluding carboxylic acids is 1. The van der Waals surface area contributed by atoms with Crippen molar-refractivity contribution < 1.29 is 60.4 Å². The molecule has 2 aromatic heterocycles. The van der Waals surface area contributed by atoms with E-state index in [2.05, 4.69) is 121 Å². The number of ether oxygens (including phenoxy) is 8. The second-order valence-electron chi connectivity index (χ2n) is 27.7. The summed E-state index contributed by atoms with van der Waals surface area (Å²) >= 11 is 0. The van der Waals surface area contributed by atoms with Crippen LogP contribution in [-0.2, 0) is 58.0 Å². The van der Waals surface area contributed by atoms with Gasteiger partial charge >= 0.3 is 5.97 Å². The van der Waals surface area contributed by atoms with E-state index in [9.17, 15) is 4.79 Å². The second-order valence-corrected chi connectivity index (χ2v) is 37.9. The molecule has 5 aliphatic heterocycles. The number of rotatable bonds is 19. The summed E-state index contributed by atoms with van der Waals surface area (Å²) < 4.78 is 79.6. The third kappa shape index (κ3) is 17.5. The Hall–Kier alpha value is -4.04. The van der Waals surface area contributed by atoms with Crippen LogP contribution < -0.4 is 0 Å². The minimum atomic E-state index is -2.45. The zero-order valence-corrected chi connectivity index (χ0v) is 57.4. The maximum Gasteiger partial charge on any atom is 0.330 e. The molecule has 2 aromatic rings. The molecular formula is C69H106N2O13Si2. The van der Waals surface area contributed by atoms with Crippen LogP contribution in [0, 0.1) is 24.2 Å². The van der Waals surface area contributed by atoms with E-state index in [1.54, 1.807) is 39.9 Å². The third-order valence-electron chi connectivity index (χ3n) is 19.4. The fourth-order valence-corrected chi connectivity index (χ4v) is 20.7. The number of terminal acetylenes is 1. The molecule has 0 aromatic carbocycles. The molecule has 17 heteroatoms. The summed E-state index contributed by atoms with van der Waals surface area (Å²) in [5, 5.41) is 0.0525. The van der Waals surface area contributed by atoms with E-state index in [4.69, 9.17) is 72.0 Å². The first-order valence-electron chi connectivity index (χ1n) is 31.8. The zero-order chi connectivity index (χ0) is 62.9. The molecule has 15 atom stereocenters. The first-order chi connectivity index (χ1) is 40.6. The first kappa shape index (κ1) is 69.4. The lowest BCUT2D eigenvalue weighted by Gasteiger charge is -2.49. The molecule has 478 valence electrons. The SMILES string of the molecule is C#CC[C@H](/C=C/C(C)=C/[C@@H](O[Si](C(C)C)(C(C)C)C(C)C)[C@H]1C[C@@H](OC)C[C@](Cc2nc(/C=C(\C)[C@@H]3O[C@@H]4C/C=C/c5nc(co5)[C@H]5C[C@H](O[Si](C)(C)C(C)(C)C)C[C@@H](C[C@H]6CC(=C)C[C@H](C/C=C\C(=O)O[C@@H]([C@H]4C)[C@H]3C)O6)O5)co2)(OC)O1)OC. The van der Waals surface area contributed by atoms with Gasteiger partial charge in [-0.15, -0.1) is 12.3 Å². The standard InChI is InChI=1S/C69H106N2O13Si2/c1-21-24-52(73-16)30-29-46(8)33-62(84-86(43(2)3,44(4)5)45(6)7)61-38-57(74-17)39-69(75-18,82-61)40-64-70-51(41-76-64)34-48(10)66-50(12)67-49(11)59(80-66)26-23-27-63-71-58(42-77-63)60-37-56(83-85(19,20)68(13,14)15)36-55(79-60)35-54-32-47(9)31-53(78-54)25-22-28-65(72)81-67/h1,22-23,27-30,33-34,41-45,49-50,52-57,59-62,66-67H,9,24-26,31-32,35-40H2,2-8,10-20H3/b27-23+,28-22-,30-29+,46-33+,48-34+/t49-,50-,52+,53-,54+,55+,56+,57+,59+,60+,61+,62+,66-,67-,69-/m0/s1. The zero-order valence-electron chi connectivity index (χ0n) is 55.4. The van der Waals surface area contributed by atoms with Gasteiger partial charge in [0.1, 0.15) is 36.1 Å². The number of methoxy groups -OCH3 is 3. The molecule has 86 heavy (non-hydrogen) atoms. The second kappa shape index (κ2) is 30.2. The summed E-state index contributed by atoms with van der Waals surface area (Å²) in [6, 6.07) is 0. The highest BCUT2D eigenvalue weighted by molar-refractivity contribution is 6.77. The minimum Gasteiger partial charge on any atom is -0.458 e. The van der Waals surface area contributed by atoms with Crippen molar-refractivity contribution >= 4 is 34.8 Å². The predicted octanol–water partition coefficient (Wildman–Crippen LogP) is 15.4. The molecule has 0 amide bonds. The van der Waals surface area contributed by atoms with E-state index >= 15 is 0 Å². The molecule has 0 unspecified atom stereocenters. The van der Waals surface area contributed by atoms with Gasteiger partial charge in [-0.3, -0.25) is 0 Å². The van der Waals surface area contributed by atoms with Gasteiger partial charge in [0.25, 0.3) is 0 Å². The number of aromatic nitrogens is 2. The number of carbonyl (C=O) groups is 1. The molecule has 0 spiro atoms. The largest absolute Gasteiger partial charge is 0.458 e. The number of esters is 1. The van der Waals surface area contributed by atoms with E-state index in [1.807, 2.05) is 37.3 Å². The van der Waals surface area contributed by atoms with E-state index in [0.717, 1.165) is 41.7 Å². The summed E-state index contributed by atoms with van der Waals surface area (Å²) in [5.74, 6) is 1.69. The van der Waals surface area contributed by atoms with Gasteiger partial charge in [-0.2, -0.15) is 0 Å². The molecule has 0 aliphatic carbocycles. The fraction of sp³-hybridized carbons (Fsp3) is 0.696. The van der Waals surface area contributed by atoms with Gasteiger partial charge in [0.05, 0.1) is 67.5 Å². The molecule has 0 saturated carbocycles. The van der Waals surface area contributed by atoms with E-state index in [0.29, 0.717) is 79.0 Å². The molecule has 0 N–H and O–H groups in total. The van der Waals surface area contributed by atoms with Crippen molar-refractivity contribution in [2.45, 2.75) is 274 Å². The van der Waals surface area contributed by atoms with Crippen LogP contribution in [0.2, 0.25) is 34.8 Å². The number of hydrogen-bond donors (Lipinski definition) is 0. The van der Waals surface area contributed by atoms with Crippen molar-refractivity contribution in [1.82, 2.24) is 9.97 Å². The first-order valence-corrected chi connectivity index (χ1v) is 36.9. The number of hydrogen-bond acceptors (Lipinski definition) is 15. The Balaban J connectivity index is 1.14. The topological polar surface area (TPSA) is 161 Å². The minimum absolute atomic E-state index is 0.00431. The molecule has 8 bridgehead atoms. The molecule has 5 aliphatic rings. The molecule has 4 saturated heterocycles. The van der Waals surface area contributed by atoms with Gasteiger partial charge in [-0.05, 0) is 98.4 Å².